The van der Waals surface area contributed by atoms with E-state index in [1.807, 2.05) is 51.1 Å². The van der Waals surface area contributed by atoms with Gasteiger partial charge >= 0.3 is 0 Å². The van der Waals surface area contributed by atoms with Crippen LogP contribution in [0.3, 0.4) is 0 Å². The molecule has 0 spiro atoms. The molecule has 7 N–H and O–H groups in total. The van der Waals surface area contributed by atoms with Crippen molar-refractivity contribution >= 4 is 41.4 Å². The molecule has 0 unspecified atom stereocenters. The molecule has 23 heteroatoms. The van der Waals surface area contributed by atoms with E-state index in [2.05, 4.69) is 21.3 Å². The topological polar surface area (TPSA) is 275 Å². The monoisotopic (exact) mass is 1080 g/mol. The molecule has 1 aliphatic heterocycles. The molecule has 0 bridgehead atoms. The van der Waals surface area contributed by atoms with Crippen LogP contribution in [0.5, 0.6) is 0 Å². The molecule has 7 amide bonds. The van der Waals surface area contributed by atoms with Crippen LogP contribution in [0.4, 0.5) is 8.78 Å². The fourth-order valence-electron chi connectivity index (χ4n) is 8.25. The summed E-state index contributed by atoms with van der Waals surface area (Å²) in [6.45, 7) is 10.6. The molecule has 2 aromatic carbocycles. The van der Waals surface area contributed by atoms with E-state index < -0.39 is 77.2 Å². The van der Waals surface area contributed by atoms with E-state index in [4.69, 9.17) is 29.7 Å². The fraction of sp³-hybridized carbons (Fsp3) is 0.556. The average Bonchev–Trinajstić information content (AvgIpc) is 3.98. The van der Waals surface area contributed by atoms with E-state index in [1.165, 1.54) is 4.90 Å². The maximum Gasteiger partial charge on any atom is 0.253 e. The molecule has 21 nitrogen and oxygen atoms in total. The van der Waals surface area contributed by atoms with Crippen LogP contribution in [0, 0.1) is 23.0 Å². The number of nitrogens with one attached hydrogen (secondary N) is 4. The highest BCUT2D eigenvalue weighted by Crippen LogP contribution is 2.39. The lowest BCUT2D eigenvalue weighted by molar-refractivity contribution is -0.140. The fourth-order valence-corrected chi connectivity index (χ4v) is 8.25. The number of hydrogen-bond donors (Lipinski definition) is 6. The van der Waals surface area contributed by atoms with Crippen LogP contribution in [-0.4, -0.2) is 164 Å². The third-order valence-corrected chi connectivity index (χ3v) is 12.2. The predicted molar refractivity (Wildman–Crippen MR) is 280 cm³/mol. The van der Waals surface area contributed by atoms with Gasteiger partial charge in [-0.3, -0.25) is 38.5 Å². The first-order valence-electron chi connectivity index (χ1n) is 26.0. The second-order valence-electron chi connectivity index (χ2n) is 19.7. The average molecular weight is 1080 g/mol. The number of aliphatic hydroxyl groups excluding tert-OH is 1. The van der Waals surface area contributed by atoms with Gasteiger partial charge in [0.25, 0.3) is 11.8 Å². The zero-order valence-corrected chi connectivity index (χ0v) is 44.9. The number of aromatic nitrogens is 2. The quantitative estimate of drug-likeness (QED) is 0.0278. The van der Waals surface area contributed by atoms with Crippen LogP contribution in [0.25, 0.3) is 11.3 Å². The van der Waals surface area contributed by atoms with Crippen LogP contribution in [0.2, 0.25) is 0 Å². The predicted octanol–water partition coefficient (Wildman–Crippen LogP) is 2.89. The highest BCUT2D eigenvalue weighted by molar-refractivity contribution is 6.13. The summed E-state index contributed by atoms with van der Waals surface area (Å²) in [6.07, 6.45) is 5.50. The van der Waals surface area contributed by atoms with Crippen LogP contribution < -0.4 is 27.0 Å². The molecule has 424 valence electrons. The Kier molecular flexibility index (Phi) is 27.0. The second kappa shape index (κ2) is 32.9. The zero-order chi connectivity index (χ0) is 56.3. The molecular formula is C54H77F2N9O12. The number of imidazole rings is 1. The van der Waals surface area contributed by atoms with Gasteiger partial charge in [-0.25, -0.2) is 13.8 Å². The van der Waals surface area contributed by atoms with Gasteiger partial charge in [0.1, 0.15) is 42.9 Å². The number of benzene rings is 2. The summed E-state index contributed by atoms with van der Waals surface area (Å²) in [6, 6.07) is 9.82. The minimum atomic E-state index is -0.976. The van der Waals surface area contributed by atoms with Crippen molar-refractivity contribution in [1.82, 2.24) is 40.6 Å². The Labute approximate surface area is 448 Å². The Hall–Kier alpha value is -6.50. The third kappa shape index (κ3) is 21.5. The van der Waals surface area contributed by atoms with Gasteiger partial charge in [-0.05, 0) is 67.3 Å². The smallest absolute Gasteiger partial charge is 0.253 e. The standard InChI is InChI=1S/C54H77F2N9O12/c1-37(2)49(62-45(68)20-26-74-28-29-75-30-31-77-36-76-27-23-58-44(67)19-25-64-46(69)17-18-47(64)70)53(73)61-42(14-9-10-21-57)52(72)59-22-11-24-65(48(71)35-66)50(54(3,4)5)51-60-43(40-32-39(55)15-16-41(40)56)34-63(51)33-38-12-7-6-8-13-38/h6-8,12-13,15-18,32,34,37,42,49-50,66H,9-11,14,19-31,33,35-36,57H2,1-5H3,(H,58,67)(H,59,72)(H,61,73)(H,62,68)/t42-,49-,50-/m0/s1. The molecule has 1 aromatic heterocycles. The highest BCUT2D eigenvalue weighted by Gasteiger charge is 2.38. The molecule has 0 aliphatic carbocycles. The van der Waals surface area contributed by atoms with Crippen molar-refractivity contribution in [3.8, 4) is 11.3 Å². The molecule has 0 saturated heterocycles. The largest absolute Gasteiger partial charge is 0.387 e. The molecule has 1 aliphatic rings. The number of amides is 7. The SMILES string of the molecule is CC(C)[C@H](NC(=O)CCOCCOCCOCOCCNC(=O)CCN1C(=O)C=CC1=O)C(=O)N[C@@H](CCCCN)C(=O)NCCCN(C(=O)CO)[C@@H](c1nc(-c2cc(F)ccc2F)cn1Cc1ccccc1)C(C)(C)C. The number of rotatable bonds is 36. The maximum atomic E-state index is 15.2. The van der Waals surface area contributed by atoms with Gasteiger partial charge in [-0.2, -0.15) is 0 Å². The van der Waals surface area contributed by atoms with Gasteiger partial charge in [0, 0.05) is 69.5 Å². The third-order valence-electron chi connectivity index (χ3n) is 12.2. The number of nitrogens with zero attached hydrogens (tertiary/aromatic N) is 4. The van der Waals surface area contributed by atoms with Gasteiger partial charge in [0.2, 0.25) is 29.5 Å². The van der Waals surface area contributed by atoms with E-state index in [0.717, 1.165) is 40.8 Å². The van der Waals surface area contributed by atoms with Crippen molar-refractivity contribution in [2.75, 3.05) is 85.8 Å². The van der Waals surface area contributed by atoms with Gasteiger partial charge in [0.15, 0.2) is 0 Å². The number of aliphatic hydroxyl groups is 1. The van der Waals surface area contributed by atoms with Crippen LogP contribution in [0.1, 0.15) is 90.6 Å². The number of nitrogens with two attached hydrogens (primary N) is 1. The molecule has 77 heavy (non-hydrogen) atoms. The summed E-state index contributed by atoms with van der Waals surface area (Å²) in [5, 5.41) is 21.3. The van der Waals surface area contributed by atoms with E-state index in [0.29, 0.717) is 25.2 Å². The van der Waals surface area contributed by atoms with Crippen molar-refractivity contribution in [2.45, 2.75) is 97.8 Å². The van der Waals surface area contributed by atoms with Crippen molar-refractivity contribution in [2.24, 2.45) is 17.1 Å². The van der Waals surface area contributed by atoms with Crippen LogP contribution >= 0.6 is 0 Å². The zero-order valence-electron chi connectivity index (χ0n) is 44.9. The minimum absolute atomic E-state index is 0.000338. The van der Waals surface area contributed by atoms with E-state index in [-0.39, 0.29) is 128 Å². The molecule has 4 rings (SSSR count). The Morgan fingerprint density at radius 1 is 0.792 bits per heavy atom. The van der Waals surface area contributed by atoms with E-state index >= 15 is 4.39 Å². The summed E-state index contributed by atoms with van der Waals surface area (Å²) in [5.74, 6) is -4.55. The Morgan fingerprint density at radius 3 is 2.13 bits per heavy atom. The number of carbonyl (C=O) groups is 7. The molecule has 3 atom stereocenters. The van der Waals surface area contributed by atoms with Gasteiger partial charge in [0.05, 0.1) is 51.4 Å². The number of carbonyl (C=O) groups excluding carboxylic acids is 7. The Balaban J connectivity index is 1.22. The number of hydrogen-bond acceptors (Lipinski definition) is 14. The van der Waals surface area contributed by atoms with E-state index in [1.54, 1.807) is 24.6 Å². The lowest BCUT2D eigenvalue weighted by Crippen LogP contribution is -2.55. The first-order valence-corrected chi connectivity index (χ1v) is 26.0. The van der Waals surface area contributed by atoms with E-state index in [9.17, 15) is 43.1 Å². The number of unbranched alkanes of at least 4 members (excludes halogenated alkanes) is 1. The van der Waals surface area contributed by atoms with Gasteiger partial charge in [-0.1, -0.05) is 65.0 Å². The summed E-state index contributed by atoms with van der Waals surface area (Å²) < 4.78 is 53.1. The first kappa shape index (κ1) is 63.0. The molecule has 2 heterocycles. The normalized spacial score (nSPS) is 13.7. The molecule has 0 saturated carbocycles. The lowest BCUT2D eigenvalue weighted by atomic mass is 9.84. The molecular weight excluding hydrogens is 1000 g/mol. The summed E-state index contributed by atoms with van der Waals surface area (Å²) >= 11 is 0. The highest BCUT2D eigenvalue weighted by atomic mass is 19.1. The Morgan fingerprint density at radius 2 is 1.47 bits per heavy atom. The van der Waals surface area contributed by atoms with Gasteiger partial charge < -0.3 is 60.5 Å². The van der Waals surface area contributed by atoms with Crippen molar-refractivity contribution in [3.05, 3.63) is 89.9 Å². The molecule has 3 aromatic rings. The number of ether oxygens (including phenoxy) is 4. The summed E-state index contributed by atoms with van der Waals surface area (Å²) in [4.78, 5) is 96.5. The lowest BCUT2D eigenvalue weighted by Gasteiger charge is -2.40. The maximum absolute atomic E-state index is 15.2. The van der Waals surface area contributed by atoms with Gasteiger partial charge in [-0.15, -0.1) is 0 Å². The van der Waals surface area contributed by atoms with Crippen molar-refractivity contribution in [1.29, 1.82) is 0 Å². The van der Waals surface area contributed by atoms with Crippen molar-refractivity contribution < 1.29 is 66.4 Å². The minimum Gasteiger partial charge on any atom is -0.387 e. The Bertz CT molecular complexity index is 2400. The summed E-state index contributed by atoms with van der Waals surface area (Å²) in [7, 11) is 0. The first-order chi connectivity index (χ1) is 36.8. The number of imide groups is 1. The van der Waals surface area contributed by atoms with Crippen molar-refractivity contribution in [3.63, 3.8) is 0 Å². The van der Waals surface area contributed by atoms with Crippen LogP contribution in [0.15, 0.2) is 66.9 Å². The van der Waals surface area contributed by atoms with Crippen LogP contribution in [-0.2, 0) is 59.1 Å². The second-order valence-corrected chi connectivity index (χ2v) is 19.7. The summed E-state index contributed by atoms with van der Waals surface area (Å²) in [5.41, 5.74) is 6.04. The molecule has 0 radical (unpaired) electrons. The molecule has 0 fully saturated rings. The number of halogens is 2.